The summed E-state index contributed by atoms with van der Waals surface area (Å²) >= 11 is 0. The van der Waals surface area contributed by atoms with Gasteiger partial charge in [0.15, 0.2) is 5.78 Å². The summed E-state index contributed by atoms with van der Waals surface area (Å²) in [5, 5.41) is 0. The van der Waals surface area contributed by atoms with E-state index in [-0.39, 0.29) is 5.78 Å². The van der Waals surface area contributed by atoms with Crippen molar-refractivity contribution in [2.45, 2.75) is 6.92 Å². The van der Waals surface area contributed by atoms with E-state index in [1.807, 2.05) is 6.92 Å². The van der Waals surface area contributed by atoms with Crippen LogP contribution < -0.4 is 4.74 Å². The summed E-state index contributed by atoms with van der Waals surface area (Å²) < 4.78 is 18.0. The molecule has 3 nitrogen and oxygen atoms in total. The normalized spacial score (nSPS) is 11.0. The summed E-state index contributed by atoms with van der Waals surface area (Å²) in [5.41, 5.74) is 0.825. The van der Waals surface area contributed by atoms with Crippen molar-refractivity contribution in [3.8, 4) is 5.75 Å². The Balaban J connectivity index is 2.05. The molecule has 0 aromatic heterocycles. The fourth-order valence-corrected chi connectivity index (χ4v) is 1.84. The summed E-state index contributed by atoms with van der Waals surface area (Å²) in [6, 6.07) is 11.5. The molecule has 0 fully saturated rings. The molecule has 0 amide bonds. The maximum atomic E-state index is 12.9. The lowest BCUT2D eigenvalue weighted by Gasteiger charge is -2.04. The molecule has 0 aliphatic heterocycles. The Hall–Kier alpha value is -3.01. The van der Waals surface area contributed by atoms with Crippen molar-refractivity contribution in [2.24, 2.45) is 0 Å². The van der Waals surface area contributed by atoms with Crippen molar-refractivity contribution >= 4 is 11.8 Å². The molecule has 0 radical (unpaired) electrons. The van der Waals surface area contributed by atoms with Crippen molar-refractivity contribution in [1.29, 1.82) is 0 Å². The lowest BCUT2D eigenvalue weighted by Crippen LogP contribution is -2.05. The van der Waals surface area contributed by atoms with E-state index in [2.05, 4.69) is 0 Å². The number of allylic oxidation sites excluding steroid dienone is 3. The number of hydrogen-bond donors (Lipinski definition) is 0. The largest absolute Gasteiger partial charge is 0.423 e. The Labute approximate surface area is 133 Å². The van der Waals surface area contributed by atoms with E-state index in [1.165, 1.54) is 42.5 Å². The maximum Gasteiger partial charge on any atom is 0.336 e. The molecule has 4 heteroatoms. The predicted molar refractivity (Wildman–Crippen MR) is 85.9 cm³/mol. The Morgan fingerprint density at radius 3 is 2.04 bits per heavy atom. The number of esters is 1. The number of carbonyl (C=O) groups is 2. The standard InChI is InChI=1S/C19H15FO3/c1-2-3-4-5-18(21)23-17-12-8-15(9-13-17)19(22)14-6-10-16(20)11-7-14/h2-13H,1H3. The minimum Gasteiger partial charge on any atom is -0.423 e. The van der Waals surface area contributed by atoms with E-state index in [0.717, 1.165) is 0 Å². The highest BCUT2D eigenvalue weighted by Crippen LogP contribution is 2.16. The number of carbonyl (C=O) groups excluding carboxylic acids is 2. The second-order valence-electron chi connectivity index (χ2n) is 4.67. The Morgan fingerprint density at radius 2 is 1.48 bits per heavy atom. The number of rotatable bonds is 5. The van der Waals surface area contributed by atoms with Gasteiger partial charge in [0.1, 0.15) is 11.6 Å². The average Bonchev–Trinajstić information content (AvgIpc) is 2.56. The van der Waals surface area contributed by atoms with Crippen molar-refractivity contribution in [1.82, 2.24) is 0 Å². The average molecular weight is 310 g/mol. The van der Waals surface area contributed by atoms with Crippen molar-refractivity contribution in [2.75, 3.05) is 0 Å². The van der Waals surface area contributed by atoms with Crippen LogP contribution in [0.1, 0.15) is 22.8 Å². The molecular weight excluding hydrogens is 295 g/mol. The molecule has 0 spiro atoms. The van der Waals surface area contributed by atoms with Gasteiger partial charge in [0.05, 0.1) is 0 Å². The molecule has 23 heavy (non-hydrogen) atoms. The molecule has 0 N–H and O–H groups in total. The van der Waals surface area contributed by atoms with Crippen LogP contribution in [0.2, 0.25) is 0 Å². The topological polar surface area (TPSA) is 43.4 Å². The molecule has 0 heterocycles. The van der Waals surface area contributed by atoms with Crippen LogP contribution in [0.5, 0.6) is 5.75 Å². The van der Waals surface area contributed by atoms with E-state index >= 15 is 0 Å². The second-order valence-corrected chi connectivity index (χ2v) is 4.67. The fraction of sp³-hybridized carbons (Fsp3) is 0.0526. The number of ether oxygens (including phenoxy) is 1. The van der Waals surface area contributed by atoms with Gasteiger partial charge in [-0.05, 0) is 55.5 Å². The van der Waals surface area contributed by atoms with Gasteiger partial charge in [0.2, 0.25) is 0 Å². The molecule has 116 valence electrons. The predicted octanol–water partition coefficient (Wildman–Crippen LogP) is 4.09. The number of hydrogen-bond acceptors (Lipinski definition) is 3. The maximum absolute atomic E-state index is 12.9. The molecule has 0 unspecified atom stereocenters. The van der Waals surface area contributed by atoms with Crippen molar-refractivity contribution < 1.29 is 18.7 Å². The third-order valence-electron chi connectivity index (χ3n) is 2.98. The Kier molecular flexibility index (Phi) is 5.58. The quantitative estimate of drug-likeness (QED) is 0.275. The minimum absolute atomic E-state index is 0.226. The minimum atomic E-state index is -0.499. The van der Waals surface area contributed by atoms with Gasteiger partial charge in [-0.25, -0.2) is 9.18 Å². The van der Waals surface area contributed by atoms with E-state index in [9.17, 15) is 14.0 Å². The molecule has 2 aromatic carbocycles. The Morgan fingerprint density at radius 1 is 0.913 bits per heavy atom. The van der Waals surface area contributed by atoms with Gasteiger partial charge in [-0.1, -0.05) is 18.2 Å². The zero-order valence-corrected chi connectivity index (χ0v) is 12.5. The lowest BCUT2D eigenvalue weighted by atomic mass is 10.0. The van der Waals surface area contributed by atoms with Crippen LogP contribution in [0.3, 0.4) is 0 Å². The first-order valence-corrected chi connectivity index (χ1v) is 7.01. The van der Waals surface area contributed by atoms with Crippen LogP contribution >= 0.6 is 0 Å². The van der Waals surface area contributed by atoms with Crippen molar-refractivity contribution in [3.05, 3.63) is 89.8 Å². The van der Waals surface area contributed by atoms with Crippen LogP contribution in [0.4, 0.5) is 4.39 Å². The van der Waals surface area contributed by atoms with Crippen LogP contribution in [-0.2, 0) is 4.79 Å². The van der Waals surface area contributed by atoms with Crippen LogP contribution in [0.25, 0.3) is 0 Å². The monoisotopic (exact) mass is 310 g/mol. The van der Waals surface area contributed by atoms with E-state index in [1.54, 1.807) is 30.4 Å². The molecule has 0 atom stereocenters. The van der Waals surface area contributed by atoms with Gasteiger partial charge in [-0.15, -0.1) is 0 Å². The van der Waals surface area contributed by atoms with Gasteiger partial charge in [0.25, 0.3) is 0 Å². The zero-order valence-electron chi connectivity index (χ0n) is 12.5. The van der Waals surface area contributed by atoms with Gasteiger partial charge >= 0.3 is 5.97 Å². The third-order valence-corrected chi connectivity index (χ3v) is 2.98. The second kappa shape index (κ2) is 7.84. The number of halogens is 1. The zero-order chi connectivity index (χ0) is 16.7. The molecule has 0 bridgehead atoms. The molecule has 0 aliphatic rings. The highest BCUT2D eigenvalue weighted by Gasteiger charge is 2.09. The summed E-state index contributed by atoms with van der Waals surface area (Å²) in [6.07, 6.45) is 6.39. The Bertz CT molecular complexity index is 741. The molecule has 2 aromatic rings. The van der Waals surface area contributed by atoms with Crippen LogP contribution in [0, 0.1) is 5.82 Å². The van der Waals surface area contributed by atoms with Crippen LogP contribution in [-0.4, -0.2) is 11.8 Å². The summed E-state index contributed by atoms with van der Waals surface area (Å²) in [7, 11) is 0. The molecule has 0 saturated heterocycles. The first-order valence-electron chi connectivity index (χ1n) is 7.01. The first-order chi connectivity index (χ1) is 11.1. The van der Waals surface area contributed by atoms with E-state index < -0.39 is 11.8 Å². The van der Waals surface area contributed by atoms with Crippen molar-refractivity contribution in [3.63, 3.8) is 0 Å². The fourth-order valence-electron chi connectivity index (χ4n) is 1.84. The highest BCUT2D eigenvalue weighted by atomic mass is 19.1. The molecule has 0 aliphatic carbocycles. The summed E-state index contributed by atoms with van der Waals surface area (Å²) in [4.78, 5) is 23.7. The molecule has 0 saturated carbocycles. The van der Waals surface area contributed by atoms with Gasteiger partial charge < -0.3 is 4.74 Å². The molecular formula is C19H15FO3. The molecule has 2 rings (SSSR count). The summed E-state index contributed by atoms with van der Waals surface area (Å²) in [5.74, 6) is -0.776. The number of ketones is 1. The lowest BCUT2D eigenvalue weighted by molar-refractivity contribution is -0.128. The smallest absolute Gasteiger partial charge is 0.336 e. The SMILES string of the molecule is CC=CC=CC(=O)Oc1ccc(C(=O)c2ccc(F)cc2)cc1. The van der Waals surface area contributed by atoms with Gasteiger partial charge in [0, 0.05) is 17.2 Å². The van der Waals surface area contributed by atoms with E-state index in [0.29, 0.717) is 16.9 Å². The number of benzene rings is 2. The third kappa shape index (κ3) is 4.74. The van der Waals surface area contributed by atoms with E-state index in [4.69, 9.17) is 4.74 Å². The summed E-state index contributed by atoms with van der Waals surface area (Å²) in [6.45, 7) is 1.84. The van der Waals surface area contributed by atoms with Crippen LogP contribution in [0.15, 0.2) is 72.8 Å². The first kappa shape index (κ1) is 16.4. The van der Waals surface area contributed by atoms with Gasteiger partial charge in [-0.3, -0.25) is 4.79 Å². The highest BCUT2D eigenvalue weighted by molar-refractivity contribution is 6.09. The van der Waals surface area contributed by atoms with Gasteiger partial charge in [-0.2, -0.15) is 0 Å².